The second-order valence-corrected chi connectivity index (χ2v) is 4.45. The number of hydrogen-bond acceptors (Lipinski definition) is 5. The Morgan fingerprint density at radius 3 is 2.95 bits per heavy atom. The average Bonchev–Trinajstić information content (AvgIpc) is 2.51. The predicted octanol–water partition coefficient (Wildman–Crippen LogP) is 3.34. The van der Waals surface area contributed by atoms with Crippen LogP contribution >= 0.6 is 0 Å². The third kappa shape index (κ3) is 2.74. The van der Waals surface area contributed by atoms with Crippen LogP contribution in [0.2, 0.25) is 0 Å². The molecule has 1 aromatic carbocycles. The third-order valence-corrected chi connectivity index (χ3v) is 3.01. The fourth-order valence-electron chi connectivity index (χ4n) is 2.06. The van der Waals surface area contributed by atoms with Crippen LogP contribution in [-0.4, -0.2) is 21.5 Å². The summed E-state index contributed by atoms with van der Waals surface area (Å²) in [6.45, 7) is 2.60. The van der Waals surface area contributed by atoms with Crippen LogP contribution in [0, 0.1) is 5.82 Å². The third-order valence-electron chi connectivity index (χ3n) is 3.01. The molecule has 0 saturated carbocycles. The first-order chi connectivity index (χ1) is 10.3. The lowest BCUT2D eigenvalue weighted by Crippen LogP contribution is -2.06. The van der Waals surface area contributed by atoms with Crippen LogP contribution in [0.15, 0.2) is 42.9 Å². The Hall–Kier alpha value is -2.76. The monoisotopic (exact) mass is 283 g/mol. The lowest BCUT2D eigenvalue weighted by atomic mass is 10.1. The highest BCUT2D eigenvalue weighted by Gasteiger charge is 2.08. The Labute approximate surface area is 121 Å². The molecule has 5 nitrogen and oxygen atoms in total. The zero-order valence-corrected chi connectivity index (χ0v) is 11.5. The van der Waals surface area contributed by atoms with Gasteiger partial charge in [0.1, 0.15) is 0 Å². The van der Waals surface area contributed by atoms with Crippen molar-refractivity contribution in [3.63, 3.8) is 0 Å². The standard InChI is InChI=1S/C15H14FN5/c1-2-18-15-19-9-12(16)14(21-15)20-13-5-3-4-10-8-17-7-6-11(10)13/h3-9H,2H2,1H3,(H2,18,19,20,21). The molecule has 2 heterocycles. The van der Waals surface area contributed by atoms with Gasteiger partial charge in [-0.1, -0.05) is 12.1 Å². The summed E-state index contributed by atoms with van der Waals surface area (Å²) in [7, 11) is 0. The highest BCUT2D eigenvalue weighted by molar-refractivity contribution is 5.94. The summed E-state index contributed by atoms with van der Waals surface area (Å²) in [5.74, 6) is 0.0382. The molecule has 3 rings (SSSR count). The molecule has 21 heavy (non-hydrogen) atoms. The van der Waals surface area contributed by atoms with Crippen LogP contribution in [-0.2, 0) is 0 Å². The molecular weight excluding hydrogens is 269 g/mol. The summed E-state index contributed by atoms with van der Waals surface area (Å²) in [5, 5.41) is 7.91. The molecule has 106 valence electrons. The van der Waals surface area contributed by atoms with Crippen molar-refractivity contribution in [1.82, 2.24) is 15.0 Å². The van der Waals surface area contributed by atoms with Gasteiger partial charge in [-0.05, 0) is 19.1 Å². The van der Waals surface area contributed by atoms with E-state index < -0.39 is 5.82 Å². The maximum Gasteiger partial charge on any atom is 0.224 e. The number of anilines is 3. The summed E-state index contributed by atoms with van der Waals surface area (Å²) >= 11 is 0. The van der Waals surface area contributed by atoms with Gasteiger partial charge in [-0.15, -0.1) is 0 Å². The fraction of sp³-hybridized carbons (Fsp3) is 0.133. The summed E-state index contributed by atoms with van der Waals surface area (Å²) < 4.78 is 13.9. The average molecular weight is 283 g/mol. The predicted molar refractivity (Wildman–Crippen MR) is 81.2 cm³/mol. The number of nitrogens with zero attached hydrogens (tertiary/aromatic N) is 3. The van der Waals surface area contributed by atoms with E-state index in [1.54, 1.807) is 12.4 Å². The Kier molecular flexibility index (Phi) is 3.59. The van der Waals surface area contributed by atoms with Gasteiger partial charge in [0.15, 0.2) is 11.6 Å². The molecule has 0 fully saturated rings. The van der Waals surface area contributed by atoms with Crippen LogP contribution in [0.5, 0.6) is 0 Å². The second-order valence-electron chi connectivity index (χ2n) is 4.45. The Balaban J connectivity index is 2.00. The molecule has 3 aromatic rings. The highest BCUT2D eigenvalue weighted by Crippen LogP contribution is 2.26. The quantitative estimate of drug-likeness (QED) is 0.769. The first kappa shape index (κ1) is 13.2. The van der Waals surface area contributed by atoms with Crippen LogP contribution in [0.3, 0.4) is 0 Å². The maximum absolute atomic E-state index is 13.9. The lowest BCUT2D eigenvalue weighted by Gasteiger charge is -2.10. The number of rotatable bonds is 4. The smallest absolute Gasteiger partial charge is 0.224 e. The number of hydrogen-bond donors (Lipinski definition) is 2. The molecule has 0 spiro atoms. The van der Waals surface area contributed by atoms with E-state index in [0.717, 1.165) is 22.7 Å². The molecule has 0 unspecified atom stereocenters. The number of pyridine rings is 1. The van der Waals surface area contributed by atoms with Crippen molar-refractivity contribution < 1.29 is 4.39 Å². The number of halogens is 1. The van der Waals surface area contributed by atoms with Crippen molar-refractivity contribution >= 4 is 28.2 Å². The van der Waals surface area contributed by atoms with E-state index in [9.17, 15) is 4.39 Å². The van der Waals surface area contributed by atoms with Gasteiger partial charge in [0.05, 0.1) is 6.20 Å². The van der Waals surface area contributed by atoms with Crippen LogP contribution in [0.25, 0.3) is 10.8 Å². The zero-order valence-electron chi connectivity index (χ0n) is 11.5. The summed E-state index contributed by atoms with van der Waals surface area (Å²) in [5.41, 5.74) is 0.773. The van der Waals surface area contributed by atoms with E-state index in [-0.39, 0.29) is 5.82 Å². The minimum Gasteiger partial charge on any atom is -0.354 e. The summed E-state index contributed by atoms with van der Waals surface area (Å²) in [6.07, 6.45) is 4.62. The molecule has 0 bridgehead atoms. The first-order valence-electron chi connectivity index (χ1n) is 6.64. The van der Waals surface area contributed by atoms with Gasteiger partial charge >= 0.3 is 0 Å². The molecule has 0 atom stereocenters. The van der Waals surface area contributed by atoms with Crippen molar-refractivity contribution in [3.05, 3.63) is 48.7 Å². The molecule has 6 heteroatoms. The van der Waals surface area contributed by atoms with Gasteiger partial charge in [-0.25, -0.2) is 9.37 Å². The maximum atomic E-state index is 13.9. The summed E-state index contributed by atoms with van der Waals surface area (Å²) in [4.78, 5) is 12.1. The molecule has 0 amide bonds. The number of aromatic nitrogens is 3. The molecule has 0 aliphatic carbocycles. The fourth-order valence-corrected chi connectivity index (χ4v) is 2.06. The number of fused-ring (bicyclic) bond motifs is 1. The van der Waals surface area contributed by atoms with Gasteiger partial charge in [0, 0.05) is 35.4 Å². The second kappa shape index (κ2) is 5.70. The van der Waals surface area contributed by atoms with E-state index in [1.807, 2.05) is 31.2 Å². The van der Waals surface area contributed by atoms with Crippen LogP contribution in [0.4, 0.5) is 21.8 Å². The van der Waals surface area contributed by atoms with E-state index in [1.165, 1.54) is 0 Å². The zero-order chi connectivity index (χ0) is 14.7. The van der Waals surface area contributed by atoms with Crippen LogP contribution < -0.4 is 10.6 Å². The number of benzene rings is 1. The molecule has 0 aliphatic heterocycles. The first-order valence-corrected chi connectivity index (χ1v) is 6.64. The topological polar surface area (TPSA) is 62.7 Å². The van der Waals surface area contributed by atoms with Crippen molar-refractivity contribution in [1.29, 1.82) is 0 Å². The SMILES string of the molecule is CCNc1ncc(F)c(Nc2cccc3cnccc23)n1. The molecule has 0 saturated heterocycles. The van der Waals surface area contributed by atoms with Crippen molar-refractivity contribution in [2.75, 3.05) is 17.2 Å². The van der Waals surface area contributed by atoms with E-state index in [2.05, 4.69) is 25.6 Å². The Bertz CT molecular complexity index is 770. The Morgan fingerprint density at radius 1 is 1.19 bits per heavy atom. The highest BCUT2D eigenvalue weighted by atomic mass is 19.1. The van der Waals surface area contributed by atoms with Crippen molar-refractivity contribution in [3.8, 4) is 0 Å². The minimum absolute atomic E-state index is 0.144. The molecule has 0 aliphatic rings. The molecule has 0 radical (unpaired) electrons. The van der Waals surface area contributed by atoms with Gasteiger partial charge in [0.2, 0.25) is 5.95 Å². The normalized spacial score (nSPS) is 10.6. The van der Waals surface area contributed by atoms with Gasteiger partial charge in [0.25, 0.3) is 0 Å². The minimum atomic E-state index is -0.497. The lowest BCUT2D eigenvalue weighted by molar-refractivity contribution is 0.619. The molecule has 2 N–H and O–H groups in total. The Morgan fingerprint density at radius 2 is 2.10 bits per heavy atom. The molecular formula is C15H14FN5. The number of nitrogens with one attached hydrogen (secondary N) is 2. The van der Waals surface area contributed by atoms with Crippen molar-refractivity contribution in [2.45, 2.75) is 6.92 Å². The van der Waals surface area contributed by atoms with Gasteiger partial charge in [-0.3, -0.25) is 4.98 Å². The van der Waals surface area contributed by atoms with E-state index in [4.69, 9.17) is 0 Å². The van der Waals surface area contributed by atoms with E-state index in [0.29, 0.717) is 12.5 Å². The largest absolute Gasteiger partial charge is 0.354 e. The molecule has 2 aromatic heterocycles. The van der Waals surface area contributed by atoms with Crippen LogP contribution in [0.1, 0.15) is 6.92 Å². The van der Waals surface area contributed by atoms with Crippen molar-refractivity contribution in [2.24, 2.45) is 0 Å². The van der Waals surface area contributed by atoms with E-state index >= 15 is 0 Å². The van der Waals surface area contributed by atoms with Gasteiger partial charge < -0.3 is 10.6 Å². The van der Waals surface area contributed by atoms with Gasteiger partial charge in [-0.2, -0.15) is 4.98 Å². The summed E-state index contributed by atoms with van der Waals surface area (Å²) in [6, 6.07) is 7.59.